The average Bonchev–Trinajstić information content (AvgIpc) is 3.03. The highest BCUT2D eigenvalue weighted by atomic mass is 16.5. The van der Waals surface area contributed by atoms with E-state index in [1.807, 2.05) is 12.1 Å². The molecule has 0 amide bonds. The van der Waals surface area contributed by atoms with Crippen LogP contribution in [0.1, 0.15) is 27.6 Å². The summed E-state index contributed by atoms with van der Waals surface area (Å²) in [5.41, 5.74) is 0.477. The van der Waals surface area contributed by atoms with Gasteiger partial charge in [0.15, 0.2) is 0 Å². The predicted octanol–water partition coefficient (Wildman–Crippen LogP) is 2.30. The molecule has 2 aromatic rings. The number of nitrogens with one attached hydrogen (secondary N) is 1. The van der Waals surface area contributed by atoms with Crippen LogP contribution in [0, 0.1) is 6.92 Å². The van der Waals surface area contributed by atoms with E-state index < -0.39 is 0 Å². The molecule has 19 heavy (non-hydrogen) atoms. The van der Waals surface area contributed by atoms with Crippen molar-refractivity contribution in [1.82, 2.24) is 5.32 Å². The van der Waals surface area contributed by atoms with Crippen LogP contribution >= 0.6 is 0 Å². The first kappa shape index (κ1) is 13.4. The second-order valence-corrected chi connectivity index (χ2v) is 4.18. The van der Waals surface area contributed by atoms with Gasteiger partial charge < -0.3 is 18.9 Å². The molecule has 102 valence electrons. The summed E-state index contributed by atoms with van der Waals surface area (Å²) in [4.78, 5) is 11.4. The summed E-state index contributed by atoms with van der Waals surface area (Å²) >= 11 is 0. The van der Waals surface area contributed by atoms with Gasteiger partial charge in [-0.3, -0.25) is 0 Å². The molecule has 0 bridgehead atoms. The maximum absolute atomic E-state index is 11.4. The molecule has 0 fully saturated rings. The van der Waals surface area contributed by atoms with Gasteiger partial charge in [-0.15, -0.1) is 0 Å². The minimum Gasteiger partial charge on any atom is -0.469 e. The van der Waals surface area contributed by atoms with E-state index in [1.54, 1.807) is 19.3 Å². The van der Waals surface area contributed by atoms with E-state index in [4.69, 9.17) is 8.83 Å². The Morgan fingerprint density at radius 3 is 2.95 bits per heavy atom. The Bertz CT molecular complexity index is 528. The molecule has 2 heterocycles. The lowest BCUT2D eigenvalue weighted by molar-refractivity contribution is 0.0599. The minimum absolute atomic E-state index is 0.372. The normalized spacial score (nSPS) is 10.6. The largest absolute Gasteiger partial charge is 0.469 e. The van der Waals surface area contributed by atoms with Gasteiger partial charge in [-0.25, -0.2) is 4.79 Å². The van der Waals surface area contributed by atoms with Crippen LogP contribution in [0.15, 0.2) is 33.3 Å². The van der Waals surface area contributed by atoms with Gasteiger partial charge in [-0.2, -0.15) is 0 Å². The van der Waals surface area contributed by atoms with Gasteiger partial charge in [-0.05, 0) is 25.1 Å². The van der Waals surface area contributed by atoms with Crippen molar-refractivity contribution in [1.29, 1.82) is 0 Å². The first-order valence-electron chi connectivity index (χ1n) is 6.11. The van der Waals surface area contributed by atoms with E-state index in [0.717, 1.165) is 24.5 Å². The second kappa shape index (κ2) is 6.24. The quantitative estimate of drug-likeness (QED) is 0.640. The van der Waals surface area contributed by atoms with Crippen molar-refractivity contribution in [2.24, 2.45) is 0 Å². The molecule has 5 nitrogen and oxygen atoms in total. The number of methoxy groups -OCH3 is 1. The maximum Gasteiger partial charge on any atom is 0.341 e. The van der Waals surface area contributed by atoms with Crippen molar-refractivity contribution in [3.63, 3.8) is 0 Å². The van der Waals surface area contributed by atoms with E-state index in [1.165, 1.54) is 7.11 Å². The number of hydrogen-bond acceptors (Lipinski definition) is 5. The Morgan fingerprint density at radius 1 is 1.42 bits per heavy atom. The van der Waals surface area contributed by atoms with Crippen LogP contribution in [0.25, 0.3) is 0 Å². The van der Waals surface area contributed by atoms with E-state index in [0.29, 0.717) is 17.9 Å². The molecule has 0 radical (unpaired) electrons. The lowest BCUT2D eigenvalue weighted by Crippen LogP contribution is -2.16. The monoisotopic (exact) mass is 263 g/mol. The van der Waals surface area contributed by atoms with Gasteiger partial charge in [0, 0.05) is 13.0 Å². The topological polar surface area (TPSA) is 64.6 Å². The molecule has 1 N–H and O–H groups in total. The number of hydrogen-bond donors (Lipinski definition) is 1. The summed E-state index contributed by atoms with van der Waals surface area (Å²) in [7, 11) is 1.36. The maximum atomic E-state index is 11.4. The highest BCUT2D eigenvalue weighted by Gasteiger charge is 2.14. The summed E-state index contributed by atoms with van der Waals surface area (Å²) in [5, 5.41) is 3.23. The first-order chi connectivity index (χ1) is 9.20. The fourth-order valence-electron chi connectivity index (χ4n) is 1.82. The van der Waals surface area contributed by atoms with Crippen molar-refractivity contribution in [3.8, 4) is 0 Å². The fourth-order valence-corrected chi connectivity index (χ4v) is 1.82. The molecule has 0 spiro atoms. The number of ether oxygens (including phenoxy) is 1. The summed E-state index contributed by atoms with van der Waals surface area (Å²) < 4.78 is 15.4. The molecule has 0 saturated heterocycles. The SMILES string of the molecule is COC(=O)c1cc(CNCCc2ccco2)oc1C. The smallest absolute Gasteiger partial charge is 0.341 e. The van der Waals surface area contributed by atoms with Gasteiger partial charge in [0.2, 0.25) is 0 Å². The lowest BCUT2D eigenvalue weighted by Gasteiger charge is -2.00. The van der Waals surface area contributed by atoms with Crippen molar-refractivity contribution < 1.29 is 18.4 Å². The van der Waals surface area contributed by atoms with Gasteiger partial charge in [0.05, 0.1) is 19.9 Å². The third-order valence-electron chi connectivity index (χ3n) is 2.80. The van der Waals surface area contributed by atoms with Crippen LogP contribution in [0.4, 0.5) is 0 Å². The molecular weight excluding hydrogens is 246 g/mol. The molecule has 2 aromatic heterocycles. The second-order valence-electron chi connectivity index (χ2n) is 4.18. The van der Waals surface area contributed by atoms with Crippen LogP contribution in [-0.2, 0) is 17.7 Å². The first-order valence-corrected chi connectivity index (χ1v) is 6.11. The Balaban J connectivity index is 1.81. The molecule has 0 saturated carbocycles. The molecule has 0 aromatic carbocycles. The highest BCUT2D eigenvalue weighted by molar-refractivity contribution is 5.90. The van der Waals surface area contributed by atoms with E-state index in [-0.39, 0.29) is 5.97 Å². The average molecular weight is 263 g/mol. The summed E-state index contributed by atoms with van der Waals surface area (Å²) in [6.07, 6.45) is 2.48. The van der Waals surface area contributed by atoms with Gasteiger partial charge in [-0.1, -0.05) is 0 Å². The molecular formula is C14H17NO4. The number of carbonyl (C=O) groups excluding carboxylic acids is 1. The zero-order valence-electron chi connectivity index (χ0n) is 11.1. The summed E-state index contributed by atoms with van der Waals surface area (Å²) in [5.74, 6) is 1.87. The Morgan fingerprint density at radius 2 is 2.26 bits per heavy atom. The predicted molar refractivity (Wildman–Crippen MR) is 68.9 cm³/mol. The summed E-state index contributed by atoms with van der Waals surface area (Å²) in [6, 6.07) is 5.52. The Labute approximate surface area is 111 Å². The van der Waals surface area contributed by atoms with E-state index >= 15 is 0 Å². The zero-order chi connectivity index (χ0) is 13.7. The van der Waals surface area contributed by atoms with Crippen LogP contribution in [-0.4, -0.2) is 19.6 Å². The number of esters is 1. The number of aryl methyl sites for hydroxylation is 1. The van der Waals surface area contributed by atoms with Crippen molar-refractivity contribution >= 4 is 5.97 Å². The highest BCUT2D eigenvalue weighted by Crippen LogP contribution is 2.15. The van der Waals surface area contributed by atoms with Crippen LogP contribution in [0.3, 0.4) is 0 Å². The molecule has 0 aliphatic carbocycles. The molecule has 0 aliphatic heterocycles. The van der Waals surface area contributed by atoms with Gasteiger partial charge >= 0.3 is 5.97 Å². The molecule has 0 unspecified atom stereocenters. The molecule has 0 atom stereocenters. The van der Waals surface area contributed by atoms with Crippen LogP contribution in [0.5, 0.6) is 0 Å². The third-order valence-corrected chi connectivity index (χ3v) is 2.80. The van der Waals surface area contributed by atoms with E-state index in [2.05, 4.69) is 10.1 Å². The fraction of sp³-hybridized carbons (Fsp3) is 0.357. The van der Waals surface area contributed by atoms with Crippen molar-refractivity contribution in [2.45, 2.75) is 19.9 Å². The zero-order valence-corrected chi connectivity index (χ0v) is 11.1. The Hall–Kier alpha value is -2.01. The number of carbonyl (C=O) groups is 1. The standard InChI is InChI=1S/C14H17NO4/c1-10-13(14(16)17-2)8-12(19-10)9-15-6-5-11-4-3-7-18-11/h3-4,7-8,15H,5-6,9H2,1-2H3. The van der Waals surface area contributed by atoms with Gasteiger partial charge in [0.25, 0.3) is 0 Å². The summed E-state index contributed by atoms with van der Waals surface area (Å²) in [6.45, 7) is 3.10. The molecule has 0 aliphatic rings. The third kappa shape index (κ3) is 3.48. The minimum atomic E-state index is -0.372. The molecule has 2 rings (SSSR count). The number of furan rings is 2. The Kier molecular flexibility index (Phi) is 4.41. The van der Waals surface area contributed by atoms with Crippen molar-refractivity contribution in [2.75, 3.05) is 13.7 Å². The number of rotatable bonds is 6. The van der Waals surface area contributed by atoms with Crippen LogP contribution in [0.2, 0.25) is 0 Å². The van der Waals surface area contributed by atoms with Crippen molar-refractivity contribution in [3.05, 3.63) is 47.3 Å². The molecule has 5 heteroatoms. The van der Waals surface area contributed by atoms with Gasteiger partial charge in [0.1, 0.15) is 22.8 Å². The van der Waals surface area contributed by atoms with E-state index in [9.17, 15) is 4.79 Å². The van der Waals surface area contributed by atoms with Crippen LogP contribution < -0.4 is 5.32 Å². The lowest BCUT2D eigenvalue weighted by atomic mass is 10.2.